The number of para-hydroxylation sites is 1. The first-order valence-corrected chi connectivity index (χ1v) is 17.8. The lowest BCUT2D eigenvalue weighted by Gasteiger charge is -2.42. The summed E-state index contributed by atoms with van der Waals surface area (Å²) in [5.41, 5.74) is 4.66. The highest BCUT2D eigenvalue weighted by atomic mass is 32.2. The van der Waals surface area contributed by atoms with Gasteiger partial charge in [-0.3, -0.25) is 9.69 Å². The van der Waals surface area contributed by atoms with Gasteiger partial charge < -0.3 is 28.9 Å². The second-order valence-electron chi connectivity index (χ2n) is 11.3. The summed E-state index contributed by atoms with van der Waals surface area (Å²) >= 11 is 1.37. The van der Waals surface area contributed by atoms with Crippen molar-refractivity contribution in [3.8, 4) is 22.8 Å². The summed E-state index contributed by atoms with van der Waals surface area (Å²) in [5.74, 6) is -3.94. The third-order valence-corrected chi connectivity index (χ3v) is 10.2. The Morgan fingerprint density at radius 1 is 1.12 bits per heavy atom. The number of nitrogens with zero attached hydrogens (tertiary/aromatic N) is 3. The Morgan fingerprint density at radius 3 is 2.69 bits per heavy atom. The molecule has 2 N–H and O–H groups in total. The van der Waals surface area contributed by atoms with E-state index in [2.05, 4.69) is 10.6 Å². The zero-order chi connectivity index (χ0) is 34.3. The van der Waals surface area contributed by atoms with Gasteiger partial charge in [0.1, 0.15) is 11.9 Å². The molecule has 12 nitrogen and oxygen atoms in total. The van der Waals surface area contributed by atoms with Gasteiger partial charge in [0.05, 0.1) is 18.9 Å². The first kappa shape index (κ1) is 32.8. The number of carbonyl (C=O) groups excluding carboxylic acids is 2. The Morgan fingerprint density at radius 2 is 1.90 bits per heavy atom. The van der Waals surface area contributed by atoms with E-state index in [-0.39, 0.29) is 72.0 Å². The molecule has 4 aromatic rings. The number of phosphoric ester groups is 1. The first-order chi connectivity index (χ1) is 23.6. The maximum absolute atomic E-state index is 15.5. The number of aromatic nitrogens is 1. The number of thioether (sulfide) groups is 1. The van der Waals surface area contributed by atoms with Crippen LogP contribution in [0.5, 0.6) is 11.5 Å². The van der Waals surface area contributed by atoms with E-state index in [1.165, 1.54) is 46.5 Å². The van der Waals surface area contributed by atoms with Crippen molar-refractivity contribution >= 4 is 31.5 Å². The van der Waals surface area contributed by atoms with E-state index in [0.29, 0.717) is 5.56 Å². The largest absolute Gasteiger partial charge is 0.585 e. The summed E-state index contributed by atoms with van der Waals surface area (Å²) in [4.78, 5) is 44.9. The number of nitrogens with one attached hydrogen (secondary N) is 1. The summed E-state index contributed by atoms with van der Waals surface area (Å²) in [6.07, 6.45) is -0.544. The van der Waals surface area contributed by atoms with Crippen molar-refractivity contribution in [1.29, 1.82) is 0 Å². The molecule has 7 rings (SSSR count). The number of halogens is 2. The summed E-state index contributed by atoms with van der Waals surface area (Å²) < 4.78 is 62.2. The fourth-order valence-electron chi connectivity index (χ4n) is 5.87. The van der Waals surface area contributed by atoms with E-state index in [1.807, 2.05) is 24.3 Å². The van der Waals surface area contributed by atoms with Crippen LogP contribution >= 0.6 is 19.6 Å². The molecule has 254 valence electrons. The molecule has 0 bridgehead atoms. The van der Waals surface area contributed by atoms with Gasteiger partial charge in [-0.05, 0) is 47.9 Å². The fraction of sp³-hybridized carbons (Fsp3) is 0.242. The van der Waals surface area contributed by atoms with Gasteiger partial charge in [-0.25, -0.2) is 22.8 Å². The van der Waals surface area contributed by atoms with Gasteiger partial charge in [-0.2, -0.15) is 0 Å². The Balaban J connectivity index is 1.49. The van der Waals surface area contributed by atoms with Crippen LogP contribution in [0, 0.1) is 11.6 Å². The Bertz CT molecular complexity index is 2100. The summed E-state index contributed by atoms with van der Waals surface area (Å²) in [6.45, 7) is 2.00. The van der Waals surface area contributed by atoms with Crippen molar-refractivity contribution < 1.29 is 46.5 Å². The molecule has 49 heavy (non-hydrogen) atoms. The molecule has 0 aliphatic carbocycles. The minimum absolute atomic E-state index is 0.00250. The molecule has 3 aromatic carbocycles. The lowest BCUT2D eigenvalue weighted by molar-refractivity contribution is -0.143. The zero-order valence-corrected chi connectivity index (χ0v) is 27.6. The highest BCUT2D eigenvalue weighted by molar-refractivity contribution is 7.98. The number of pyridine rings is 1. The molecule has 1 aromatic heterocycles. The molecule has 1 saturated heterocycles. The lowest BCUT2D eigenvalue weighted by Crippen LogP contribution is -2.59. The minimum Gasteiger partial charge on any atom is -0.395 e. The molecule has 0 saturated carbocycles. The Labute approximate surface area is 282 Å². The number of phosphoric acid groups is 1. The van der Waals surface area contributed by atoms with Crippen molar-refractivity contribution in [1.82, 2.24) is 9.58 Å². The van der Waals surface area contributed by atoms with Crippen LogP contribution in [0.1, 0.15) is 40.5 Å². The molecule has 3 aliphatic rings. The number of carbonyl (C=O) groups is 2. The van der Waals surface area contributed by atoms with Crippen molar-refractivity contribution in [3.63, 3.8) is 0 Å². The molecule has 3 aliphatic heterocycles. The summed E-state index contributed by atoms with van der Waals surface area (Å²) in [7, 11) is -5.04. The van der Waals surface area contributed by atoms with Gasteiger partial charge in [0.2, 0.25) is 0 Å². The topological polar surface area (TPSA) is 141 Å². The highest BCUT2D eigenvalue weighted by Crippen LogP contribution is 2.46. The number of rotatable bonds is 7. The standard InChI is InChI=1S/C33H29F2N4O8PS/c1-2-29(40)45-37-25-16-26(22-15-24(34)30(35)23-18-49-27-11-7-6-8-19(27)14-21(22)23)39-31(33(41)38-12-13-44-17-28(38)36-39)32(25)47-48(42,43)46-20-9-4-3-5-10-20/h3-11,15-16,28,36H,2,12-14,17-18H2,1H3,(H,42,43)/b37-25+/t28-/m0/s1. The van der Waals surface area contributed by atoms with Crippen LogP contribution in [0.2, 0.25) is 0 Å². The number of morpholine rings is 1. The molecule has 1 unspecified atom stereocenters. The Kier molecular flexibility index (Phi) is 8.92. The smallest absolute Gasteiger partial charge is 0.395 e. The van der Waals surface area contributed by atoms with Crippen LogP contribution in [0.4, 0.5) is 8.78 Å². The van der Waals surface area contributed by atoms with Crippen LogP contribution in [-0.2, 0) is 31.1 Å². The van der Waals surface area contributed by atoms with Crippen LogP contribution in [0.25, 0.3) is 11.3 Å². The van der Waals surface area contributed by atoms with E-state index in [9.17, 15) is 19.0 Å². The van der Waals surface area contributed by atoms with E-state index in [1.54, 1.807) is 18.2 Å². The Hall–Kier alpha value is -4.69. The maximum Gasteiger partial charge on any atom is 0.585 e. The molecule has 0 radical (unpaired) electrons. The van der Waals surface area contributed by atoms with E-state index in [0.717, 1.165) is 16.5 Å². The number of hydrogen-bond acceptors (Lipinski definition) is 10. The number of ether oxygens (including phenoxy) is 1. The van der Waals surface area contributed by atoms with Crippen molar-refractivity contribution in [2.75, 3.05) is 25.2 Å². The molecule has 1 amide bonds. The fourth-order valence-corrected chi connectivity index (χ4v) is 7.80. The van der Waals surface area contributed by atoms with E-state index < -0.39 is 43.2 Å². The lowest BCUT2D eigenvalue weighted by atomic mass is 9.92. The predicted molar refractivity (Wildman–Crippen MR) is 173 cm³/mol. The monoisotopic (exact) mass is 710 g/mol. The third-order valence-electron chi connectivity index (χ3n) is 8.18. The van der Waals surface area contributed by atoms with Gasteiger partial charge in [0, 0.05) is 34.7 Å². The van der Waals surface area contributed by atoms with Crippen LogP contribution in [0.15, 0.2) is 76.8 Å². The number of hydrogen-bond donors (Lipinski definition) is 2. The van der Waals surface area contributed by atoms with Crippen molar-refractivity contribution in [3.05, 3.63) is 106 Å². The average Bonchev–Trinajstić information content (AvgIpc) is 3.30. The first-order valence-electron chi connectivity index (χ1n) is 15.3. The van der Waals surface area contributed by atoms with Gasteiger partial charge in [-0.1, -0.05) is 48.5 Å². The normalized spacial score (nSPS) is 18.1. The van der Waals surface area contributed by atoms with Gasteiger partial charge in [-0.15, -0.1) is 11.8 Å². The third kappa shape index (κ3) is 6.42. The molecular weight excluding hydrogens is 681 g/mol. The van der Waals surface area contributed by atoms with Gasteiger partial charge in [0.25, 0.3) is 5.91 Å². The highest BCUT2D eigenvalue weighted by Gasteiger charge is 2.41. The van der Waals surface area contributed by atoms with Crippen LogP contribution in [-0.4, -0.2) is 52.3 Å². The summed E-state index contributed by atoms with van der Waals surface area (Å²) in [6, 6.07) is 17.6. The van der Waals surface area contributed by atoms with Gasteiger partial charge >= 0.3 is 13.8 Å². The quantitative estimate of drug-likeness (QED) is 0.147. The molecule has 2 atom stereocenters. The summed E-state index contributed by atoms with van der Waals surface area (Å²) in [5, 5.41) is 3.59. The number of benzene rings is 3. The minimum atomic E-state index is -5.04. The molecule has 0 spiro atoms. The average molecular weight is 711 g/mol. The second-order valence-corrected chi connectivity index (χ2v) is 13.6. The van der Waals surface area contributed by atoms with E-state index >= 15 is 8.78 Å². The number of amides is 1. The number of fused-ring (bicyclic) bond motifs is 4. The molecule has 1 fully saturated rings. The second kappa shape index (κ2) is 13.3. The zero-order valence-electron chi connectivity index (χ0n) is 25.9. The van der Waals surface area contributed by atoms with Crippen LogP contribution in [0.3, 0.4) is 0 Å². The predicted octanol–water partition coefficient (Wildman–Crippen LogP) is 5.31. The molecule has 16 heteroatoms. The van der Waals surface area contributed by atoms with Crippen LogP contribution < -0.4 is 19.8 Å². The molecule has 4 heterocycles. The maximum atomic E-state index is 15.5. The van der Waals surface area contributed by atoms with E-state index in [4.69, 9.17) is 18.6 Å². The van der Waals surface area contributed by atoms with Gasteiger partial charge in [0.15, 0.2) is 28.4 Å². The molecular formula is C33H29F2N4O8PS. The van der Waals surface area contributed by atoms with Crippen molar-refractivity contribution in [2.45, 2.75) is 36.6 Å². The van der Waals surface area contributed by atoms with Crippen molar-refractivity contribution in [2.24, 2.45) is 5.16 Å². The SMILES string of the molecule is CCC(=O)O/N=c1\cc(-c2cc(F)c(F)c3c2Cc2ccccc2SC3)n2c(c1OP(=O)(O)Oc1ccccc1)C(=O)N1CCOC[C@H]1N2.